The lowest BCUT2D eigenvalue weighted by Crippen LogP contribution is -2.63. The number of ether oxygens (including phenoxy) is 8. The molecule has 2 bridgehead atoms. The van der Waals surface area contributed by atoms with Gasteiger partial charge in [0.1, 0.15) is 43.2 Å². The fourth-order valence-corrected chi connectivity index (χ4v) is 5.68. The quantitative estimate of drug-likeness (QED) is 0.213. The van der Waals surface area contributed by atoms with Crippen molar-refractivity contribution < 1.29 is 57.4 Å². The number of fused-ring (bicyclic) bond motifs is 4. The highest BCUT2D eigenvalue weighted by atomic mass is 16.8. The second-order valence-electron chi connectivity index (χ2n) is 11.0. The minimum Gasteiger partial charge on any atom is -0.459 e. The number of carbonyl (C=O) groups excluding carboxylic acids is 3. The molecule has 5 unspecified atom stereocenters. The first-order valence-corrected chi connectivity index (χ1v) is 14.6. The van der Waals surface area contributed by atoms with Crippen LogP contribution in [0.5, 0.6) is 0 Å². The standard InChI is InChI=1S/C33H30O12/c34-23-21(16-38-29(35)18-10-4-1-5-11-18)40-33(45-24-22-17-39-32(41-22)28-26(24)42-28)27(44-31(37)20-14-8-3-9-15-20)25(23)43-30(36)19-12-6-2-7-13-19/h1-15,21-28,32-34H,16-17H2/t21?,22?,23-,24-,25?,26-,27?,28?,32-,33+/m1/s1. The Hall–Kier alpha value is -4.17. The van der Waals surface area contributed by atoms with Crippen LogP contribution in [0.4, 0.5) is 0 Å². The maximum atomic E-state index is 13.3. The van der Waals surface area contributed by atoms with Crippen LogP contribution in [0, 0.1) is 0 Å². The van der Waals surface area contributed by atoms with E-state index in [9.17, 15) is 19.5 Å². The first-order chi connectivity index (χ1) is 22.0. The maximum Gasteiger partial charge on any atom is 0.338 e. The molecule has 4 fully saturated rings. The largest absolute Gasteiger partial charge is 0.459 e. The van der Waals surface area contributed by atoms with Gasteiger partial charge in [-0.15, -0.1) is 0 Å². The lowest BCUT2D eigenvalue weighted by atomic mass is 9.97. The summed E-state index contributed by atoms with van der Waals surface area (Å²) in [5.41, 5.74) is 0.721. The number of hydrogen-bond acceptors (Lipinski definition) is 12. The van der Waals surface area contributed by atoms with Crippen LogP contribution in [-0.4, -0.2) is 97.6 Å². The highest BCUT2D eigenvalue weighted by Crippen LogP contribution is 2.44. The molecule has 4 aliphatic heterocycles. The van der Waals surface area contributed by atoms with E-state index in [2.05, 4.69) is 0 Å². The van der Waals surface area contributed by atoms with Crippen molar-refractivity contribution in [3.63, 3.8) is 0 Å². The second kappa shape index (κ2) is 12.7. The number of carbonyl (C=O) groups is 3. The molecular weight excluding hydrogens is 588 g/mol. The molecule has 234 valence electrons. The van der Waals surface area contributed by atoms with Crippen molar-refractivity contribution in [1.82, 2.24) is 0 Å². The lowest BCUT2D eigenvalue weighted by molar-refractivity contribution is -0.317. The summed E-state index contributed by atoms with van der Waals surface area (Å²) in [6.45, 7) is -0.175. The molecule has 10 atom stereocenters. The zero-order chi connectivity index (χ0) is 30.9. The van der Waals surface area contributed by atoms with Crippen molar-refractivity contribution in [2.45, 2.75) is 61.4 Å². The van der Waals surface area contributed by atoms with Crippen molar-refractivity contribution in [2.24, 2.45) is 0 Å². The van der Waals surface area contributed by atoms with Crippen molar-refractivity contribution in [3.05, 3.63) is 108 Å². The smallest absolute Gasteiger partial charge is 0.338 e. The zero-order valence-corrected chi connectivity index (χ0v) is 23.8. The van der Waals surface area contributed by atoms with Crippen molar-refractivity contribution in [1.29, 1.82) is 0 Å². The Morgan fingerprint density at radius 1 is 0.667 bits per heavy atom. The van der Waals surface area contributed by atoms with Crippen LogP contribution >= 0.6 is 0 Å². The molecule has 0 radical (unpaired) electrons. The zero-order valence-electron chi connectivity index (χ0n) is 23.8. The summed E-state index contributed by atoms with van der Waals surface area (Å²) in [6, 6.07) is 24.7. The van der Waals surface area contributed by atoms with Crippen LogP contribution < -0.4 is 0 Å². The molecular formula is C33H30O12. The highest BCUT2D eigenvalue weighted by Gasteiger charge is 2.64. The molecule has 12 heteroatoms. The summed E-state index contributed by atoms with van der Waals surface area (Å²) in [5.74, 6) is -2.19. The van der Waals surface area contributed by atoms with Gasteiger partial charge >= 0.3 is 17.9 Å². The van der Waals surface area contributed by atoms with Gasteiger partial charge in [0.15, 0.2) is 24.8 Å². The fraction of sp³-hybridized carbons (Fsp3) is 0.364. The van der Waals surface area contributed by atoms with Gasteiger partial charge in [-0.1, -0.05) is 54.6 Å². The summed E-state index contributed by atoms with van der Waals surface area (Å²) in [7, 11) is 0. The number of aliphatic hydroxyl groups is 1. The van der Waals surface area contributed by atoms with E-state index in [1.807, 2.05) is 0 Å². The average Bonchev–Trinajstić information content (AvgIpc) is 3.77. The summed E-state index contributed by atoms with van der Waals surface area (Å²) in [4.78, 5) is 39.3. The van der Waals surface area contributed by atoms with E-state index in [4.69, 9.17) is 37.9 Å². The predicted molar refractivity (Wildman–Crippen MR) is 151 cm³/mol. The molecule has 0 spiro atoms. The number of esters is 3. The third kappa shape index (κ3) is 6.21. The van der Waals surface area contributed by atoms with Gasteiger partial charge in [0.05, 0.1) is 23.3 Å². The van der Waals surface area contributed by atoms with E-state index in [1.54, 1.807) is 91.0 Å². The minimum atomic E-state index is -1.60. The van der Waals surface area contributed by atoms with Crippen molar-refractivity contribution in [3.8, 4) is 0 Å². The molecule has 3 aromatic carbocycles. The molecule has 0 aromatic heterocycles. The fourth-order valence-electron chi connectivity index (χ4n) is 5.68. The van der Waals surface area contributed by atoms with Gasteiger partial charge in [-0.2, -0.15) is 0 Å². The summed E-state index contributed by atoms with van der Waals surface area (Å²) >= 11 is 0. The summed E-state index contributed by atoms with van der Waals surface area (Å²) in [6.07, 6.45) is -9.55. The molecule has 0 amide bonds. The Bertz CT molecular complexity index is 1500. The highest BCUT2D eigenvalue weighted by molar-refractivity contribution is 5.90. The summed E-state index contributed by atoms with van der Waals surface area (Å²) in [5, 5.41) is 11.5. The third-order valence-electron chi connectivity index (χ3n) is 8.06. The van der Waals surface area contributed by atoms with Crippen molar-refractivity contribution in [2.75, 3.05) is 13.2 Å². The molecule has 3 aromatic rings. The first-order valence-electron chi connectivity index (χ1n) is 14.6. The monoisotopic (exact) mass is 618 g/mol. The molecule has 4 saturated heterocycles. The molecule has 45 heavy (non-hydrogen) atoms. The summed E-state index contributed by atoms with van der Waals surface area (Å²) < 4.78 is 47.0. The molecule has 0 saturated carbocycles. The first kappa shape index (κ1) is 29.5. The van der Waals surface area contributed by atoms with Crippen LogP contribution in [0.25, 0.3) is 0 Å². The number of epoxide rings is 1. The molecule has 4 heterocycles. The van der Waals surface area contributed by atoms with Crippen molar-refractivity contribution >= 4 is 17.9 Å². The van der Waals surface area contributed by atoms with Gasteiger partial charge in [0.2, 0.25) is 0 Å². The maximum absolute atomic E-state index is 13.3. The third-order valence-corrected chi connectivity index (χ3v) is 8.06. The molecule has 0 aliphatic carbocycles. The van der Waals surface area contributed by atoms with E-state index >= 15 is 0 Å². The van der Waals surface area contributed by atoms with Crippen LogP contribution in [0.15, 0.2) is 91.0 Å². The normalized spacial score (nSPS) is 33.0. The van der Waals surface area contributed by atoms with Gasteiger partial charge in [0, 0.05) is 0 Å². The minimum absolute atomic E-state index is 0.206. The molecule has 4 aliphatic rings. The van der Waals surface area contributed by atoms with Crippen LogP contribution in [0.1, 0.15) is 31.1 Å². The van der Waals surface area contributed by atoms with Crippen LogP contribution in [0.2, 0.25) is 0 Å². The molecule has 1 N–H and O–H groups in total. The SMILES string of the molecule is O=C(OCC1O[C@@H](O[C@@H]2C3CO[C@H](O3)C3O[C@@H]32)C(OC(=O)c2ccccc2)C(OC(=O)c2ccccc2)[C@@H]1O)c1ccccc1. The predicted octanol–water partition coefficient (Wildman–Crippen LogP) is 2.29. The molecule has 12 nitrogen and oxygen atoms in total. The molecule has 7 rings (SSSR count). The van der Waals surface area contributed by atoms with E-state index in [1.165, 1.54) is 0 Å². The van der Waals surface area contributed by atoms with E-state index in [-0.39, 0.29) is 29.9 Å². The van der Waals surface area contributed by atoms with Gasteiger partial charge in [-0.25, -0.2) is 14.4 Å². The van der Waals surface area contributed by atoms with Gasteiger partial charge in [0.25, 0.3) is 0 Å². The Morgan fingerprint density at radius 2 is 1.22 bits per heavy atom. The topological polar surface area (TPSA) is 149 Å². The Labute approximate surface area is 257 Å². The van der Waals surface area contributed by atoms with E-state index < -0.39 is 73.7 Å². The lowest BCUT2D eigenvalue weighted by Gasteiger charge is -2.44. The van der Waals surface area contributed by atoms with Gasteiger partial charge < -0.3 is 43.0 Å². The Balaban J connectivity index is 1.18. The Kier molecular flexibility index (Phi) is 8.32. The average molecular weight is 619 g/mol. The number of benzene rings is 3. The second-order valence-corrected chi connectivity index (χ2v) is 11.0. The van der Waals surface area contributed by atoms with E-state index in [0.29, 0.717) is 5.56 Å². The number of rotatable bonds is 9. The Morgan fingerprint density at radius 3 is 1.82 bits per heavy atom. The van der Waals surface area contributed by atoms with Gasteiger partial charge in [-0.05, 0) is 36.4 Å². The van der Waals surface area contributed by atoms with Crippen LogP contribution in [0.3, 0.4) is 0 Å². The van der Waals surface area contributed by atoms with Crippen LogP contribution in [-0.2, 0) is 37.9 Å². The van der Waals surface area contributed by atoms with Gasteiger partial charge in [-0.3, -0.25) is 0 Å². The number of aliphatic hydroxyl groups excluding tert-OH is 1. The number of hydrogen-bond donors (Lipinski definition) is 1. The van der Waals surface area contributed by atoms with E-state index in [0.717, 1.165) is 0 Å².